The lowest BCUT2D eigenvalue weighted by Gasteiger charge is -2.38. The Hall–Kier alpha value is -2.21. The minimum absolute atomic E-state index is 0.197. The van der Waals surface area contributed by atoms with Gasteiger partial charge in [0.1, 0.15) is 5.82 Å². The highest BCUT2D eigenvalue weighted by Gasteiger charge is 2.44. The fourth-order valence-corrected chi connectivity index (χ4v) is 4.73. The van der Waals surface area contributed by atoms with Crippen LogP contribution in [-0.4, -0.2) is 22.8 Å². The Morgan fingerprint density at radius 3 is 2.25 bits per heavy atom. The average Bonchev–Trinajstić information content (AvgIpc) is 2.89. The lowest BCUT2D eigenvalue weighted by atomic mass is 9.83. The molecular weight excluding hydrogens is 370 g/mol. The summed E-state index contributed by atoms with van der Waals surface area (Å²) in [7, 11) is 0. The molecule has 148 valence electrons. The molecule has 2 aromatic carbocycles. The third kappa shape index (κ3) is 3.70. The summed E-state index contributed by atoms with van der Waals surface area (Å²) in [5, 5.41) is 0. The highest BCUT2D eigenvalue weighted by Crippen LogP contribution is 2.42. The molecule has 2 nitrogen and oxygen atoms in total. The zero-order valence-electron chi connectivity index (χ0n) is 15.3. The van der Waals surface area contributed by atoms with Gasteiger partial charge in [0.25, 0.3) is 0 Å². The number of ketones is 1. The lowest BCUT2D eigenvalue weighted by molar-refractivity contribution is -0.138. The van der Waals surface area contributed by atoms with Crippen molar-refractivity contribution in [1.82, 2.24) is 4.90 Å². The van der Waals surface area contributed by atoms with E-state index in [0.717, 1.165) is 31.5 Å². The quantitative estimate of drug-likeness (QED) is 0.509. The number of alkyl halides is 3. The molecule has 0 amide bonds. The largest absolute Gasteiger partial charge is 0.417 e. The highest BCUT2D eigenvalue weighted by molar-refractivity contribution is 5.99. The van der Waals surface area contributed by atoms with Crippen LogP contribution in [0.25, 0.3) is 0 Å². The fraction of sp³-hybridized carbons (Fsp3) is 0.409. The molecule has 0 spiro atoms. The summed E-state index contributed by atoms with van der Waals surface area (Å²) in [5.74, 6) is -1.94. The van der Waals surface area contributed by atoms with Crippen LogP contribution in [0.2, 0.25) is 0 Å². The first-order chi connectivity index (χ1) is 13.3. The fourth-order valence-electron chi connectivity index (χ4n) is 4.73. The summed E-state index contributed by atoms with van der Waals surface area (Å²) in [6.07, 6.45) is -1.73. The number of hydrogen-bond acceptors (Lipinski definition) is 2. The molecule has 2 aliphatic heterocycles. The van der Waals surface area contributed by atoms with E-state index >= 15 is 0 Å². The smallest absolute Gasteiger partial charge is 0.294 e. The van der Waals surface area contributed by atoms with Gasteiger partial charge >= 0.3 is 6.18 Å². The minimum atomic E-state index is -4.75. The summed E-state index contributed by atoms with van der Waals surface area (Å²) in [5.41, 5.74) is -0.381. The number of Topliss-reactive ketones (excluding diaryl/α,β-unsaturated/α-hetero) is 1. The Kier molecular flexibility index (Phi) is 5.00. The van der Waals surface area contributed by atoms with Crippen LogP contribution in [0.1, 0.15) is 47.2 Å². The second-order valence-corrected chi connectivity index (χ2v) is 7.76. The summed E-state index contributed by atoms with van der Waals surface area (Å²) in [6.45, 7) is 0.793. The first-order valence-corrected chi connectivity index (χ1v) is 9.53. The van der Waals surface area contributed by atoms with E-state index in [-0.39, 0.29) is 12.1 Å². The molecule has 0 N–H and O–H groups in total. The standard InChI is InChI=1S/C22H21F4NO/c23-16-6-9-19(20(12-16)22(24,25)26)21(28)15-10-17-7-8-18(11-15)27(17)13-14-4-2-1-3-5-14/h1-6,9,12,15,17-18H,7-8,10-11,13H2. The summed E-state index contributed by atoms with van der Waals surface area (Å²) >= 11 is 0. The van der Waals surface area contributed by atoms with Crippen LogP contribution in [-0.2, 0) is 12.7 Å². The lowest BCUT2D eigenvalue weighted by Crippen LogP contribution is -2.44. The molecular formula is C22H21F4NO. The summed E-state index contributed by atoms with van der Waals surface area (Å²) in [4.78, 5) is 15.3. The Morgan fingerprint density at radius 1 is 1.00 bits per heavy atom. The van der Waals surface area contributed by atoms with Crippen molar-refractivity contribution < 1.29 is 22.4 Å². The average molecular weight is 391 g/mol. The van der Waals surface area contributed by atoms with Crippen LogP contribution in [0, 0.1) is 11.7 Å². The van der Waals surface area contributed by atoms with Crippen molar-refractivity contribution in [3.8, 4) is 0 Å². The molecule has 2 atom stereocenters. The Balaban J connectivity index is 1.53. The van der Waals surface area contributed by atoms with Gasteiger partial charge in [-0.1, -0.05) is 30.3 Å². The predicted octanol–water partition coefficient (Wildman–Crippen LogP) is 5.47. The molecule has 2 bridgehead atoms. The van der Waals surface area contributed by atoms with Crippen molar-refractivity contribution in [1.29, 1.82) is 0 Å². The number of nitrogens with zero attached hydrogens (tertiary/aromatic N) is 1. The SMILES string of the molecule is O=C(c1ccc(F)cc1C(F)(F)F)C1CC2CCC(C1)N2Cc1ccccc1. The first kappa shape index (κ1) is 19.1. The molecule has 2 aliphatic rings. The van der Waals surface area contributed by atoms with Gasteiger partial charge in [-0.05, 0) is 49.4 Å². The van der Waals surface area contributed by atoms with Crippen LogP contribution in [0.3, 0.4) is 0 Å². The zero-order chi connectivity index (χ0) is 19.9. The molecule has 2 saturated heterocycles. The zero-order valence-corrected chi connectivity index (χ0v) is 15.3. The van der Waals surface area contributed by atoms with Crippen molar-refractivity contribution in [2.45, 2.75) is 50.5 Å². The third-order valence-electron chi connectivity index (χ3n) is 6.02. The number of fused-ring (bicyclic) bond motifs is 2. The van der Waals surface area contributed by atoms with Gasteiger partial charge in [0, 0.05) is 30.1 Å². The molecule has 2 aromatic rings. The normalized spacial score (nSPS) is 25.1. The van der Waals surface area contributed by atoms with Crippen molar-refractivity contribution in [2.75, 3.05) is 0 Å². The molecule has 0 aromatic heterocycles. The van der Waals surface area contributed by atoms with E-state index in [2.05, 4.69) is 17.0 Å². The minimum Gasteiger partial charge on any atom is -0.294 e. The molecule has 0 saturated carbocycles. The monoisotopic (exact) mass is 391 g/mol. The van der Waals surface area contributed by atoms with Gasteiger partial charge in [-0.3, -0.25) is 9.69 Å². The van der Waals surface area contributed by atoms with Crippen LogP contribution < -0.4 is 0 Å². The van der Waals surface area contributed by atoms with E-state index in [1.54, 1.807) is 0 Å². The molecule has 6 heteroatoms. The molecule has 2 unspecified atom stereocenters. The van der Waals surface area contributed by atoms with Crippen molar-refractivity contribution in [2.24, 2.45) is 5.92 Å². The van der Waals surface area contributed by atoms with E-state index in [1.165, 1.54) is 5.56 Å². The number of hydrogen-bond donors (Lipinski definition) is 0. The molecule has 0 radical (unpaired) electrons. The second-order valence-electron chi connectivity index (χ2n) is 7.76. The van der Waals surface area contributed by atoms with E-state index in [9.17, 15) is 22.4 Å². The molecule has 28 heavy (non-hydrogen) atoms. The van der Waals surface area contributed by atoms with Crippen LogP contribution in [0.5, 0.6) is 0 Å². The van der Waals surface area contributed by atoms with Gasteiger partial charge in [-0.15, -0.1) is 0 Å². The molecule has 2 fully saturated rings. The van der Waals surface area contributed by atoms with Gasteiger partial charge in [0.15, 0.2) is 5.78 Å². The van der Waals surface area contributed by atoms with Gasteiger partial charge in [0.05, 0.1) is 5.56 Å². The van der Waals surface area contributed by atoms with Gasteiger partial charge in [-0.2, -0.15) is 13.2 Å². The van der Waals surface area contributed by atoms with E-state index in [4.69, 9.17) is 0 Å². The maximum atomic E-state index is 13.4. The van der Waals surface area contributed by atoms with Crippen molar-refractivity contribution in [3.63, 3.8) is 0 Å². The van der Waals surface area contributed by atoms with Gasteiger partial charge in [-0.25, -0.2) is 4.39 Å². The second kappa shape index (κ2) is 7.32. The third-order valence-corrected chi connectivity index (χ3v) is 6.02. The Bertz CT molecular complexity index is 851. The maximum absolute atomic E-state index is 13.4. The van der Waals surface area contributed by atoms with E-state index in [0.29, 0.717) is 18.9 Å². The number of carbonyl (C=O) groups excluding carboxylic acids is 1. The van der Waals surface area contributed by atoms with E-state index in [1.807, 2.05) is 18.2 Å². The van der Waals surface area contributed by atoms with E-state index < -0.39 is 34.8 Å². The number of carbonyl (C=O) groups is 1. The highest BCUT2D eigenvalue weighted by atomic mass is 19.4. The number of halogens is 4. The maximum Gasteiger partial charge on any atom is 0.417 e. The predicted molar refractivity (Wildman–Crippen MR) is 97.3 cm³/mol. The number of piperidine rings is 1. The van der Waals surface area contributed by atoms with Gasteiger partial charge < -0.3 is 0 Å². The topological polar surface area (TPSA) is 20.3 Å². The number of rotatable bonds is 4. The summed E-state index contributed by atoms with van der Waals surface area (Å²) in [6, 6.07) is 12.8. The first-order valence-electron chi connectivity index (χ1n) is 9.53. The number of benzene rings is 2. The van der Waals surface area contributed by atoms with Crippen molar-refractivity contribution in [3.05, 3.63) is 71.0 Å². The van der Waals surface area contributed by atoms with Crippen LogP contribution in [0.15, 0.2) is 48.5 Å². The molecule has 0 aliphatic carbocycles. The summed E-state index contributed by atoms with van der Waals surface area (Å²) < 4.78 is 53.3. The van der Waals surface area contributed by atoms with Gasteiger partial charge in [0.2, 0.25) is 0 Å². The Morgan fingerprint density at radius 2 is 1.64 bits per heavy atom. The molecule has 2 heterocycles. The molecule has 4 rings (SSSR count). The Labute approximate surface area is 161 Å². The van der Waals surface area contributed by atoms with Crippen LogP contribution in [0.4, 0.5) is 17.6 Å². The van der Waals surface area contributed by atoms with Crippen molar-refractivity contribution >= 4 is 5.78 Å². The van der Waals surface area contributed by atoms with Crippen LogP contribution >= 0.6 is 0 Å².